The third kappa shape index (κ3) is 3.68. The smallest absolute Gasteiger partial charge is 0.252 e. The van der Waals surface area contributed by atoms with Crippen LogP contribution in [-0.4, -0.2) is 51.1 Å². The number of hydrogen-bond donors (Lipinski definition) is 1. The number of amides is 2. The zero-order chi connectivity index (χ0) is 19.0. The lowest BCUT2D eigenvalue weighted by Crippen LogP contribution is -2.38. The molecule has 1 saturated heterocycles. The first kappa shape index (κ1) is 17.9. The molecular weight excluding hydrogens is 342 g/mol. The first-order valence-corrected chi connectivity index (χ1v) is 9.95. The molecule has 1 aliphatic heterocycles. The summed E-state index contributed by atoms with van der Waals surface area (Å²) < 4.78 is 1.75. The topological polar surface area (TPSA) is 80.1 Å². The summed E-state index contributed by atoms with van der Waals surface area (Å²) in [6.07, 6.45) is 6.01. The minimum atomic E-state index is -0.109. The summed E-state index contributed by atoms with van der Waals surface area (Å²) in [4.78, 5) is 31.6. The Bertz CT molecular complexity index is 884. The summed E-state index contributed by atoms with van der Waals surface area (Å²) in [5.74, 6) is 0.556. The Morgan fingerprint density at radius 1 is 1.30 bits per heavy atom. The molecule has 7 heteroatoms. The number of rotatable bonds is 5. The van der Waals surface area contributed by atoms with Crippen molar-refractivity contribution in [2.45, 2.75) is 51.4 Å². The summed E-state index contributed by atoms with van der Waals surface area (Å²) in [5.41, 5.74) is 3.22. The molecule has 0 radical (unpaired) electrons. The number of hydrogen-bond acceptors (Lipinski definition) is 4. The molecule has 7 nitrogen and oxygen atoms in total. The summed E-state index contributed by atoms with van der Waals surface area (Å²) in [7, 11) is 1.87. The van der Waals surface area contributed by atoms with Gasteiger partial charge in [-0.2, -0.15) is 5.10 Å². The van der Waals surface area contributed by atoms with Crippen molar-refractivity contribution in [3.63, 3.8) is 0 Å². The molecule has 4 rings (SSSR count). The van der Waals surface area contributed by atoms with Gasteiger partial charge in [-0.1, -0.05) is 6.42 Å². The lowest BCUT2D eigenvalue weighted by Gasteiger charge is -2.20. The van der Waals surface area contributed by atoms with Crippen LogP contribution in [0.5, 0.6) is 0 Å². The average molecular weight is 369 g/mol. The van der Waals surface area contributed by atoms with E-state index in [4.69, 9.17) is 4.98 Å². The number of carbonyl (C=O) groups is 2. The first-order valence-electron chi connectivity index (χ1n) is 9.95. The monoisotopic (exact) mass is 369 g/mol. The van der Waals surface area contributed by atoms with Crippen molar-refractivity contribution in [3.05, 3.63) is 23.0 Å². The van der Waals surface area contributed by atoms with Gasteiger partial charge in [-0.25, -0.2) is 4.98 Å². The van der Waals surface area contributed by atoms with Crippen molar-refractivity contribution in [3.8, 4) is 0 Å². The van der Waals surface area contributed by atoms with Gasteiger partial charge in [-0.3, -0.25) is 14.3 Å². The molecule has 0 bridgehead atoms. The van der Waals surface area contributed by atoms with Crippen molar-refractivity contribution in [1.29, 1.82) is 0 Å². The van der Waals surface area contributed by atoms with Gasteiger partial charge in [0.1, 0.15) is 0 Å². The molecule has 1 aliphatic carbocycles. The van der Waals surface area contributed by atoms with Crippen LogP contribution < -0.4 is 5.32 Å². The minimum Gasteiger partial charge on any atom is -0.350 e. The molecule has 2 amide bonds. The molecule has 0 aromatic carbocycles. The second kappa shape index (κ2) is 7.29. The van der Waals surface area contributed by atoms with Crippen LogP contribution in [0.25, 0.3) is 11.0 Å². The largest absolute Gasteiger partial charge is 0.350 e. The molecule has 3 heterocycles. The van der Waals surface area contributed by atoms with Crippen LogP contribution >= 0.6 is 0 Å². The molecule has 144 valence electrons. The first-order chi connectivity index (χ1) is 13.0. The van der Waals surface area contributed by atoms with Gasteiger partial charge in [-0.15, -0.1) is 0 Å². The van der Waals surface area contributed by atoms with Crippen LogP contribution in [0, 0.1) is 6.92 Å². The number of fused-ring (bicyclic) bond motifs is 1. The van der Waals surface area contributed by atoms with E-state index >= 15 is 0 Å². The Labute approximate surface area is 159 Å². The van der Waals surface area contributed by atoms with E-state index in [9.17, 15) is 9.59 Å². The van der Waals surface area contributed by atoms with Crippen LogP contribution in [0.4, 0.5) is 0 Å². The van der Waals surface area contributed by atoms with E-state index in [2.05, 4.69) is 10.4 Å². The molecular formula is C20H27N5O2. The van der Waals surface area contributed by atoms with Gasteiger partial charge >= 0.3 is 0 Å². The van der Waals surface area contributed by atoms with E-state index in [0.717, 1.165) is 61.1 Å². The van der Waals surface area contributed by atoms with Gasteiger partial charge in [0.25, 0.3) is 5.91 Å². The van der Waals surface area contributed by atoms with E-state index in [1.165, 1.54) is 0 Å². The normalized spacial score (nSPS) is 18.0. The second-order valence-electron chi connectivity index (χ2n) is 7.72. The third-order valence-electron chi connectivity index (χ3n) is 5.57. The molecule has 0 atom stereocenters. The summed E-state index contributed by atoms with van der Waals surface area (Å²) >= 11 is 0. The molecule has 1 saturated carbocycles. The molecule has 2 fully saturated rings. The number of likely N-dealkylation sites (tertiary alicyclic amines) is 1. The molecule has 2 aromatic rings. The molecule has 27 heavy (non-hydrogen) atoms. The van der Waals surface area contributed by atoms with Crippen LogP contribution in [0.1, 0.15) is 66.2 Å². The Hall–Kier alpha value is -2.44. The van der Waals surface area contributed by atoms with Gasteiger partial charge in [0, 0.05) is 44.7 Å². The number of aromatic nitrogens is 3. The lowest BCUT2D eigenvalue weighted by atomic mass is 10.1. The van der Waals surface area contributed by atoms with Gasteiger partial charge in [0.2, 0.25) is 5.91 Å². The highest BCUT2D eigenvalue weighted by molar-refractivity contribution is 6.06. The predicted octanol–water partition coefficient (Wildman–Crippen LogP) is 2.29. The van der Waals surface area contributed by atoms with Crippen LogP contribution in [0.15, 0.2) is 6.07 Å². The second-order valence-corrected chi connectivity index (χ2v) is 7.72. The van der Waals surface area contributed by atoms with Crippen molar-refractivity contribution < 1.29 is 9.59 Å². The number of nitrogens with zero attached hydrogens (tertiary/aromatic N) is 4. The summed E-state index contributed by atoms with van der Waals surface area (Å²) in [6.45, 7) is 3.74. The Morgan fingerprint density at radius 3 is 2.89 bits per heavy atom. The lowest BCUT2D eigenvalue weighted by molar-refractivity contribution is -0.130. The number of carbonyl (C=O) groups excluding carboxylic acids is 2. The fraction of sp³-hybridized carbons (Fsp3) is 0.600. The number of pyridine rings is 1. The van der Waals surface area contributed by atoms with Crippen LogP contribution in [-0.2, 0) is 11.8 Å². The Morgan fingerprint density at radius 2 is 2.11 bits per heavy atom. The molecule has 0 spiro atoms. The molecule has 2 aromatic heterocycles. The fourth-order valence-corrected chi connectivity index (χ4v) is 3.91. The van der Waals surface area contributed by atoms with E-state index in [-0.39, 0.29) is 11.8 Å². The fourth-order valence-electron chi connectivity index (χ4n) is 3.91. The maximum absolute atomic E-state index is 12.9. The Balaban J connectivity index is 1.51. The quantitative estimate of drug-likeness (QED) is 0.877. The van der Waals surface area contributed by atoms with Gasteiger partial charge in [0.15, 0.2) is 5.65 Å². The zero-order valence-corrected chi connectivity index (χ0v) is 16.1. The highest BCUT2D eigenvalue weighted by atomic mass is 16.2. The molecule has 2 aliphatic rings. The van der Waals surface area contributed by atoms with E-state index in [1.807, 2.05) is 24.9 Å². The van der Waals surface area contributed by atoms with Crippen molar-refractivity contribution >= 4 is 22.8 Å². The van der Waals surface area contributed by atoms with Crippen molar-refractivity contribution in [2.24, 2.45) is 7.05 Å². The number of nitrogens with one attached hydrogen (secondary N) is 1. The van der Waals surface area contributed by atoms with E-state index in [0.29, 0.717) is 31.0 Å². The van der Waals surface area contributed by atoms with Crippen molar-refractivity contribution in [1.82, 2.24) is 25.0 Å². The summed E-state index contributed by atoms with van der Waals surface area (Å²) in [5, 5.41) is 8.28. The predicted molar refractivity (Wildman–Crippen MR) is 103 cm³/mol. The van der Waals surface area contributed by atoms with Crippen LogP contribution in [0.3, 0.4) is 0 Å². The average Bonchev–Trinajstić information content (AvgIpc) is 3.47. The van der Waals surface area contributed by atoms with Crippen molar-refractivity contribution in [2.75, 3.05) is 19.6 Å². The molecule has 1 N–H and O–H groups in total. The highest BCUT2D eigenvalue weighted by Crippen LogP contribution is 2.40. The third-order valence-corrected chi connectivity index (χ3v) is 5.57. The van der Waals surface area contributed by atoms with Gasteiger partial charge in [-0.05, 0) is 38.7 Å². The van der Waals surface area contributed by atoms with Crippen LogP contribution in [0.2, 0.25) is 0 Å². The molecule has 0 unspecified atom stereocenters. The maximum atomic E-state index is 12.9. The SMILES string of the molecule is Cc1nn(C)c2nc(C3CC3)cc(C(=O)NCCN3CCCCCC3=O)c12. The maximum Gasteiger partial charge on any atom is 0.252 e. The van der Waals surface area contributed by atoms with Gasteiger partial charge < -0.3 is 10.2 Å². The zero-order valence-electron chi connectivity index (χ0n) is 16.1. The van der Waals surface area contributed by atoms with E-state index < -0.39 is 0 Å². The minimum absolute atomic E-state index is 0.109. The van der Waals surface area contributed by atoms with E-state index in [1.54, 1.807) is 4.68 Å². The standard InChI is InChI=1S/C20H27N5O2/c1-13-18-15(12-16(14-7-8-14)22-19(18)24(2)23-13)20(27)21-9-11-25-10-5-3-4-6-17(25)26/h12,14H,3-11H2,1-2H3,(H,21,27). The highest BCUT2D eigenvalue weighted by Gasteiger charge is 2.28. The summed E-state index contributed by atoms with van der Waals surface area (Å²) in [6, 6.07) is 1.93. The van der Waals surface area contributed by atoms with Gasteiger partial charge in [0.05, 0.1) is 16.6 Å². The Kier molecular flexibility index (Phi) is 4.85. The number of aryl methyl sites for hydroxylation is 2.